The summed E-state index contributed by atoms with van der Waals surface area (Å²) in [6.45, 7) is 2.08. The number of nitrogens with two attached hydrogens (primary N) is 1. The fourth-order valence-corrected chi connectivity index (χ4v) is 4.91. The van der Waals surface area contributed by atoms with Crippen LogP contribution in [0.4, 0.5) is 31.8 Å². The predicted molar refractivity (Wildman–Crippen MR) is 153 cm³/mol. The van der Waals surface area contributed by atoms with Crippen molar-refractivity contribution in [1.29, 1.82) is 0 Å². The second-order valence-electron chi connectivity index (χ2n) is 9.95. The molecule has 4 aromatic rings. The topological polar surface area (TPSA) is 111 Å². The SMILES string of the molecule is CCOc1ccc(Nc2c(C)c(N[C@H]3CC[C@H](N)CC3)nc3c(NCc4cccc(OC(F)F)c4)cnn23)cc1. The third-order valence-corrected chi connectivity index (χ3v) is 7.03. The molecule has 40 heavy (non-hydrogen) atoms. The molecule has 11 heteroatoms. The van der Waals surface area contributed by atoms with E-state index in [0.29, 0.717) is 24.5 Å². The van der Waals surface area contributed by atoms with Crippen LogP contribution in [0.1, 0.15) is 43.7 Å². The fraction of sp³-hybridized carbons (Fsp3) is 0.379. The summed E-state index contributed by atoms with van der Waals surface area (Å²) < 4.78 is 37.2. The molecule has 0 saturated heterocycles. The van der Waals surface area contributed by atoms with E-state index in [0.717, 1.165) is 59.9 Å². The summed E-state index contributed by atoms with van der Waals surface area (Å²) in [6, 6.07) is 14.9. The van der Waals surface area contributed by atoms with Gasteiger partial charge < -0.3 is 31.2 Å². The molecule has 2 heterocycles. The quantitative estimate of drug-likeness (QED) is 0.178. The fourth-order valence-electron chi connectivity index (χ4n) is 4.91. The molecule has 1 fully saturated rings. The van der Waals surface area contributed by atoms with E-state index in [-0.39, 0.29) is 17.8 Å². The summed E-state index contributed by atoms with van der Waals surface area (Å²) >= 11 is 0. The Bertz CT molecular complexity index is 1420. The van der Waals surface area contributed by atoms with Crippen LogP contribution in [0.25, 0.3) is 5.65 Å². The minimum absolute atomic E-state index is 0.114. The third kappa shape index (κ3) is 6.53. The van der Waals surface area contributed by atoms with Gasteiger partial charge in [-0.2, -0.15) is 18.4 Å². The zero-order valence-corrected chi connectivity index (χ0v) is 22.7. The highest BCUT2D eigenvalue weighted by Crippen LogP contribution is 2.32. The van der Waals surface area contributed by atoms with E-state index in [4.69, 9.17) is 15.5 Å². The van der Waals surface area contributed by atoms with Gasteiger partial charge in [-0.3, -0.25) is 0 Å². The highest BCUT2D eigenvalue weighted by molar-refractivity contribution is 5.76. The Hall–Kier alpha value is -4.12. The van der Waals surface area contributed by atoms with Gasteiger partial charge in [0.15, 0.2) is 5.65 Å². The first-order valence-electron chi connectivity index (χ1n) is 13.6. The number of fused-ring (bicyclic) bond motifs is 1. The van der Waals surface area contributed by atoms with Crippen molar-refractivity contribution in [2.24, 2.45) is 5.73 Å². The molecule has 1 aliphatic rings. The van der Waals surface area contributed by atoms with Crippen LogP contribution in [0.15, 0.2) is 54.7 Å². The molecule has 1 aliphatic carbocycles. The Balaban J connectivity index is 1.45. The first-order chi connectivity index (χ1) is 19.4. The van der Waals surface area contributed by atoms with Crippen molar-refractivity contribution in [3.63, 3.8) is 0 Å². The molecule has 0 amide bonds. The second-order valence-corrected chi connectivity index (χ2v) is 9.95. The summed E-state index contributed by atoms with van der Waals surface area (Å²) in [7, 11) is 0. The van der Waals surface area contributed by atoms with E-state index in [9.17, 15) is 8.78 Å². The van der Waals surface area contributed by atoms with E-state index in [1.54, 1.807) is 22.8 Å². The molecule has 0 aliphatic heterocycles. The van der Waals surface area contributed by atoms with E-state index in [1.807, 2.05) is 44.2 Å². The van der Waals surface area contributed by atoms with Crippen molar-refractivity contribution in [3.8, 4) is 11.5 Å². The standard InChI is InChI=1S/C29H35F2N7O2/c1-3-39-23-13-11-22(12-14-23)36-27-18(2)26(35-21-9-7-20(32)8-10-21)37-28-25(17-34-38(27)28)33-16-19-5-4-6-24(15-19)40-29(30)31/h4-6,11-15,17,20-21,29,33,36H,3,7-10,16,32H2,1-2H3,(H,35,37)/t20-,21-. The molecule has 0 spiro atoms. The Labute approximate surface area is 232 Å². The Morgan fingerprint density at radius 2 is 1.85 bits per heavy atom. The van der Waals surface area contributed by atoms with E-state index in [1.165, 1.54) is 6.07 Å². The van der Waals surface area contributed by atoms with Gasteiger partial charge in [-0.05, 0) is 81.5 Å². The summed E-state index contributed by atoms with van der Waals surface area (Å²) in [5, 5.41) is 15.1. The average Bonchev–Trinajstić information content (AvgIpc) is 3.34. The first kappa shape index (κ1) is 27.4. The summed E-state index contributed by atoms with van der Waals surface area (Å²) in [5.74, 6) is 2.47. The van der Waals surface area contributed by atoms with Crippen molar-refractivity contribution in [3.05, 3.63) is 65.9 Å². The van der Waals surface area contributed by atoms with Gasteiger partial charge in [0, 0.05) is 29.9 Å². The largest absolute Gasteiger partial charge is 0.494 e. The van der Waals surface area contributed by atoms with Crippen molar-refractivity contribution in [1.82, 2.24) is 14.6 Å². The lowest BCUT2D eigenvalue weighted by atomic mass is 9.92. The lowest BCUT2D eigenvalue weighted by Gasteiger charge is -2.28. The molecule has 0 unspecified atom stereocenters. The molecule has 9 nitrogen and oxygen atoms in total. The van der Waals surface area contributed by atoms with Crippen LogP contribution in [0.2, 0.25) is 0 Å². The lowest BCUT2D eigenvalue weighted by Crippen LogP contribution is -2.33. The zero-order valence-electron chi connectivity index (χ0n) is 22.7. The van der Waals surface area contributed by atoms with Gasteiger partial charge >= 0.3 is 6.61 Å². The zero-order chi connectivity index (χ0) is 28.1. The molecule has 5 N–H and O–H groups in total. The third-order valence-electron chi connectivity index (χ3n) is 7.03. The Morgan fingerprint density at radius 3 is 2.58 bits per heavy atom. The first-order valence-corrected chi connectivity index (χ1v) is 13.6. The van der Waals surface area contributed by atoms with Crippen LogP contribution in [0, 0.1) is 6.92 Å². The van der Waals surface area contributed by atoms with Crippen LogP contribution in [0.3, 0.4) is 0 Å². The molecule has 0 bridgehead atoms. The Kier molecular flexibility index (Phi) is 8.49. The minimum Gasteiger partial charge on any atom is -0.494 e. The van der Waals surface area contributed by atoms with Gasteiger partial charge in [0.05, 0.1) is 12.8 Å². The maximum absolute atomic E-state index is 12.7. The number of nitrogens with zero attached hydrogens (tertiary/aromatic N) is 3. The molecule has 5 rings (SSSR count). The molecule has 2 aromatic heterocycles. The van der Waals surface area contributed by atoms with Gasteiger partial charge in [-0.1, -0.05) is 12.1 Å². The lowest BCUT2D eigenvalue weighted by molar-refractivity contribution is -0.0498. The van der Waals surface area contributed by atoms with Crippen LogP contribution in [-0.2, 0) is 6.54 Å². The number of alkyl halides is 2. The number of rotatable bonds is 11. The Morgan fingerprint density at radius 1 is 1.07 bits per heavy atom. The number of hydrogen-bond acceptors (Lipinski definition) is 8. The van der Waals surface area contributed by atoms with E-state index in [2.05, 4.69) is 25.8 Å². The van der Waals surface area contributed by atoms with Gasteiger partial charge in [-0.15, -0.1) is 0 Å². The maximum atomic E-state index is 12.7. The van der Waals surface area contributed by atoms with Crippen molar-refractivity contribution in [2.75, 3.05) is 22.6 Å². The van der Waals surface area contributed by atoms with Crippen LogP contribution in [0.5, 0.6) is 11.5 Å². The van der Waals surface area contributed by atoms with E-state index < -0.39 is 6.61 Å². The van der Waals surface area contributed by atoms with Crippen LogP contribution >= 0.6 is 0 Å². The molecule has 1 saturated carbocycles. The number of benzene rings is 2. The molecule has 0 radical (unpaired) electrons. The van der Waals surface area contributed by atoms with Crippen LogP contribution in [-0.4, -0.2) is 39.9 Å². The molecule has 0 atom stereocenters. The van der Waals surface area contributed by atoms with Gasteiger partial charge in [0.2, 0.25) is 0 Å². The molecular weight excluding hydrogens is 516 g/mol. The van der Waals surface area contributed by atoms with E-state index >= 15 is 0 Å². The number of anilines is 4. The highest BCUT2D eigenvalue weighted by atomic mass is 19.3. The number of halogens is 2. The summed E-state index contributed by atoms with van der Waals surface area (Å²) in [4.78, 5) is 4.97. The monoisotopic (exact) mass is 551 g/mol. The number of hydrogen-bond donors (Lipinski definition) is 4. The summed E-state index contributed by atoms with van der Waals surface area (Å²) in [5.41, 5.74) is 10.1. The summed E-state index contributed by atoms with van der Waals surface area (Å²) in [6.07, 6.45) is 5.63. The number of aromatic nitrogens is 3. The second kappa shape index (κ2) is 12.4. The van der Waals surface area contributed by atoms with Crippen molar-refractivity contribution < 1.29 is 18.3 Å². The van der Waals surface area contributed by atoms with Crippen molar-refractivity contribution in [2.45, 2.75) is 64.8 Å². The molecule has 2 aromatic carbocycles. The number of ether oxygens (including phenoxy) is 2. The predicted octanol–water partition coefficient (Wildman–Crippen LogP) is 6.08. The van der Waals surface area contributed by atoms with Gasteiger partial charge in [-0.25, -0.2) is 4.98 Å². The number of nitrogens with one attached hydrogen (secondary N) is 3. The highest BCUT2D eigenvalue weighted by Gasteiger charge is 2.22. The molecular formula is C29H35F2N7O2. The minimum atomic E-state index is -2.87. The normalized spacial score (nSPS) is 17.1. The maximum Gasteiger partial charge on any atom is 0.387 e. The van der Waals surface area contributed by atoms with Gasteiger partial charge in [0.25, 0.3) is 0 Å². The average molecular weight is 552 g/mol. The smallest absolute Gasteiger partial charge is 0.387 e. The van der Waals surface area contributed by atoms with Crippen molar-refractivity contribution >= 4 is 28.7 Å². The molecule has 212 valence electrons. The van der Waals surface area contributed by atoms with Gasteiger partial charge in [0.1, 0.15) is 28.8 Å². The van der Waals surface area contributed by atoms with Crippen LogP contribution < -0.4 is 31.2 Å².